The fourth-order valence-corrected chi connectivity index (χ4v) is 7.47. The zero-order chi connectivity index (χ0) is 30.3. The van der Waals surface area contributed by atoms with E-state index in [1.54, 1.807) is 26.2 Å². The summed E-state index contributed by atoms with van der Waals surface area (Å²) in [6, 6.07) is 4.47. The number of carboxylic acids is 1. The number of hydrogen-bond donors (Lipinski definition) is 3. The van der Waals surface area contributed by atoms with Crippen LogP contribution in [-0.2, 0) is 39.4 Å². The van der Waals surface area contributed by atoms with Gasteiger partial charge in [-0.2, -0.15) is 9.36 Å². The predicted molar refractivity (Wildman–Crippen MR) is 153 cm³/mol. The van der Waals surface area contributed by atoms with Crippen molar-refractivity contribution in [1.82, 2.24) is 19.6 Å². The van der Waals surface area contributed by atoms with Crippen molar-refractivity contribution in [2.75, 3.05) is 30.7 Å². The Balaban J connectivity index is 1.52. The summed E-state index contributed by atoms with van der Waals surface area (Å²) in [6.45, 7) is 7.32. The summed E-state index contributed by atoms with van der Waals surface area (Å²) in [6.07, 6.45) is 5.02. The van der Waals surface area contributed by atoms with Crippen molar-refractivity contribution >= 4 is 59.7 Å². The lowest BCUT2D eigenvalue weighted by Gasteiger charge is -2.49. The van der Waals surface area contributed by atoms with Gasteiger partial charge in [-0.25, -0.2) is 13.9 Å². The zero-order valence-corrected chi connectivity index (χ0v) is 25.2. The monoisotopic (exact) mass is 638 g/mol. The number of thioether (sulfide) groups is 1. The van der Waals surface area contributed by atoms with Gasteiger partial charge in [0.15, 0.2) is 18.9 Å². The summed E-state index contributed by atoms with van der Waals surface area (Å²) in [5.41, 5.74) is 0.117. The molecule has 0 bridgehead atoms. The maximum absolute atomic E-state index is 13.3. The Kier molecular flexibility index (Phi) is 10.5. The van der Waals surface area contributed by atoms with Gasteiger partial charge in [0.25, 0.3) is 11.8 Å². The van der Waals surface area contributed by atoms with Crippen molar-refractivity contribution in [2.45, 2.75) is 31.8 Å². The molecule has 2 aliphatic rings. The van der Waals surface area contributed by atoms with E-state index in [1.165, 1.54) is 22.7 Å². The molecule has 0 aromatic carbocycles. The van der Waals surface area contributed by atoms with Crippen LogP contribution in [0.4, 0.5) is 5.13 Å². The molecule has 4 heterocycles. The molecular formula is C24H29N7O8PS2+. The molecule has 4 rings (SSSR count). The maximum Gasteiger partial charge on any atom is 0.434 e. The second-order valence-electron chi connectivity index (χ2n) is 8.56. The number of nitrogens with zero attached hydrogens (tertiary/aromatic N) is 5. The second-order valence-corrected chi connectivity index (χ2v) is 12.2. The topological polar surface area (TPSA) is 186 Å². The third-order valence-corrected chi connectivity index (χ3v) is 9.52. The van der Waals surface area contributed by atoms with Crippen LogP contribution in [0.3, 0.4) is 0 Å². The first kappa shape index (κ1) is 31.3. The number of nitrogens with one attached hydrogen (secondary N) is 2. The first-order valence-electron chi connectivity index (χ1n) is 12.7. The Hall–Kier alpha value is -3.63. The van der Waals surface area contributed by atoms with Crippen LogP contribution in [0.15, 0.2) is 59.7 Å². The van der Waals surface area contributed by atoms with Gasteiger partial charge in [0, 0.05) is 35.0 Å². The van der Waals surface area contributed by atoms with Crippen LogP contribution in [0, 0.1) is 0 Å². The van der Waals surface area contributed by atoms with Gasteiger partial charge in [-0.1, -0.05) is 23.9 Å². The third kappa shape index (κ3) is 7.04. The van der Waals surface area contributed by atoms with Gasteiger partial charge in [-0.3, -0.25) is 28.6 Å². The molecule has 2 aromatic heterocycles. The highest BCUT2D eigenvalue weighted by atomic mass is 32.2. The Labute approximate surface area is 249 Å². The third-order valence-electron chi connectivity index (χ3n) is 5.72. The molecule has 1 fully saturated rings. The number of carboxylic acid groups (broad SMARTS) is 1. The van der Waals surface area contributed by atoms with E-state index in [-0.39, 0.29) is 42.2 Å². The van der Waals surface area contributed by atoms with Gasteiger partial charge >= 0.3 is 13.7 Å². The molecule has 0 radical (unpaired) electrons. The summed E-state index contributed by atoms with van der Waals surface area (Å²) in [7, 11) is -3.73. The van der Waals surface area contributed by atoms with Crippen LogP contribution in [0.5, 0.6) is 0 Å². The molecule has 2 aromatic rings. The van der Waals surface area contributed by atoms with Crippen molar-refractivity contribution in [1.29, 1.82) is 0 Å². The normalized spacial score (nSPS) is 18.7. The lowest BCUT2D eigenvalue weighted by atomic mass is 10.0. The minimum atomic E-state index is -3.73. The number of rotatable bonds is 15. The van der Waals surface area contributed by atoms with Crippen molar-refractivity contribution in [3.05, 3.63) is 60.3 Å². The SMILES string of the molecule is C=CCON=C(C(=O)NC1C(=O)N2C(C(=O)O)=C(C[n+]3ccccc3)CS[C@H]12)c1nsc(NP(=O)(OCC)OCC)n1. The Morgan fingerprint density at radius 2 is 2.00 bits per heavy atom. The molecule has 1 saturated heterocycles. The molecular weight excluding hydrogens is 609 g/mol. The van der Waals surface area contributed by atoms with Gasteiger partial charge in [-0.15, -0.1) is 11.8 Å². The van der Waals surface area contributed by atoms with Crippen LogP contribution in [0.1, 0.15) is 19.7 Å². The number of fused-ring (bicyclic) bond motifs is 1. The van der Waals surface area contributed by atoms with E-state index < -0.39 is 36.9 Å². The van der Waals surface area contributed by atoms with Gasteiger partial charge in [0.05, 0.1) is 13.2 Å². The average Bonchev–Trinajstić information content (AvgIpc) is 3.41. The van der Waals surface area contributed by atoms with E-state index in [0.717, 1.165) is 11.5 Å². The molecule has 3 N–H and O–H groups in total. The largest absolute Gasteiger partial charge is 0.477 e. The molecule has 15 nitrogen and oxygen atoms in total. The number of anilines is 1. The molecule has 2 aliphatic heterocycles. The van der Waals surface area contributed by atoms with Gasteiger partial charge < -0.3 is 15.3 Å². The number of aliphatic carboxylic acids is 1. The van der Waals surface area contributed by atoms with E-state index >= 15 is 0 Å². The molecule has 2 amide bonds. The fourth-order valence-electron chi connectivity index (χ4n) is 4.04. The first-order chi connectivity index (χ1) is 20.2. The smallest absolute Gasteiger partial charge is 0.434 e. The number of β-lactam (4-membered cyclic amide) rings is 1. The van der Waals surface area contributed by atoms with E-state index in [1.807, 2.05) is 22.8 Å². The Morgan fingerprint density at radius 3 is 2.64 bits per heavy atom. The maximum atomic E-state index is 13.3. The molecule has 1 unspecified atom stereocenters. The standard InChI is InChI=1S/C24H28N7O8PS2/c1-4-12-37-27-16(19-26-24(42-29-19)28-40(36,38-5-2)39-6-3)20(32)25-17-21(33)31-18(23(34)35)15(14-41-22(17)31)13-30-10-8-7-9-11-30/h4,7-11,17,22H,1,5-6,12-14H2,2-3H3,(H2-,25,26,28,29,32,34,35,36)/p+1/t17?,22-/m1/s1. The van der Waals surface area contributed by atoms with E-state index in [0.29, 0.717) is 17.9 Å². The summed E-state index contributed by atoms with van der Waals surface area (Å²) < 4.78 is 29.1. The zero-order valence-electron chi connectivity index (χ0n) is 22.7. The molecule has 18 heteroatoms. The molecule has 2 atom stereocenters. The minimum Gasteiger partial charge on any atom is -0.477 e. The molecule has 42 heavy (non-hydrogen) atoms. The van der Waals surface area contributed by atoms with Crippen molar-refractivity contribution in [3.8, 4) is 0 Å². The Bertz CT molecular complexity index is 1440. The van der Waals surface area contributed by atoms with Crippen LogP contribution in [0.25, 0.3) is 0 Å². The average molecular weight is 639 g/mol. The van der Waals surface area contributed by atoms with Crippen LogP contribution < -0.4 is 15.0 Å². The number of aromatic nitrogens is 3. The highest BCUT2D eigenvalue weighted by molar-refractivity contribution is 8.00. The van der Waals surface area contributed by atoms with Gasteiger partial charge in [0.2, 0.25) is 16.7 Å². The Morgan fingerprint density at radius 1 is 1.29 bits per heavy atom. The number of carbonyl (C=O) groups is 3. The van der Waals surface area contributed by atoms with Gasteiger partial charge in [0.1, 0.15) is 23.7 Å². The summed E-state index contributed by atoms with van der Waals surface area (Å²) in [5, 5.41) is 18.3. The minimum absolute atomic E-state index is 0.0283. The molecule has 0 spiro atoms. The number of oxime groups is 1. The summed E-state index contributed by atoms with van der Waals surface area (Å²) in [4.78, 5) is 49.1. The van der Waals surface area contributed by atoms with E-state index in [9.17, 15) is 24.1 Å². The molecule has 0 aliphatic carbocycles. The van der Waals surface area contributed by atoms with E-state index in [4.69, 9.17) is 13.9 Å². The lowest BCUT2D eigenvalue weighted by Crippen LogP contribution is -2.71. The lowest BCUT2D eigenvalue weighted by molar-refractivity contribution is -0.689. The highest BCUT2D eigenvalue weighted by Gasteiger charge is 2.55. The number of carbonyl (C=O) groups excluding carboxylic acids is 2. The number of pyridine rings is 1. The summed E-state index contributed by atoms with van der Waals surface area (Å²) in [5.74, 6) is -2.46. The van der Waals surface area contributed by atoms with Crippen LogP contribution in [0.2, 0.25) is 0 Å². The van der Waals surface area contributed by atoms with Crippen LogP contribution in [-0.4, -0.2) is 79.8 Å². The highest BCUT2D eigenvalue weighted by Crippen LogP contribution is 2.48. The van der Waals surface area contributed by atoms with Crippen molar-refractivity contribution in [3.63, 3.8) is 0 Å². The second kappa shape index (κ2) is 14.0. The first-order valence-corrected chi connectivity index (χ1v) is 16.0. The fraction of sp³-hybridized carbons (Fsp3) is 0.375. The molecule has 224 valence electrons. The predicted octanol–water partition coefficient (Wildman–Crippen LogP) is 1.76. The van der Waals surface area contributed by atoms with Gasteiger partial charge in [-0.05, 0) is 13.8 Å². The number of hydrogen-bond acceptors (Lipinski definition) is 12. The quantitative estimate of drug-likeness (QED) is 0.0489. The van der Waals surface area contributed by atoms with Crippen LogP contribution >= 0.6 is 31.0 Å². The summed E-state index contributed by atoms with van der Waals surface area (Å²) >= 11 is 2.12. The molecule has 0 saturated carbocycles. The van der Waals surface area contributed by atoms with Crippen molar-refractivity contribution in [2.24, 2.45) is 5.16 Å². The number of amides is 2. The van der Waals surface area contributed by atoms with Crippen molar-refractivity contribution < 1.29 is 42.5 Å². The van der Waals surface area contributed by atoms with E-state index in [2.05, 4.69) is 31.5 Å².